The Hall–Kier alpha value is -1.56. The van der Waals surface area contributed by atoms with Crippen LogP contribution < -0.4 is 0 Å². The lowest BCUT2D eigenvalue weighted by Crippen LogP contribution is -1.90. The highest BCUT2D eigenvalue weighted by molar-refractivity contribution is 5.77. The van der Waals surface area contributed by atoms with Crippen LogP contribution in [0.25, 0.3) is 11.1 Å². The zero-order chi connectivity index (χ0) is 26.0. The van der Waals surface area contributed by atoms with E-state index in [2.05, 4.69) is 50.2 Å². The van der Waals surface area contributed by atoms with E-state index < -0.39 is 0 Å². The number of aryl methyl sites for hydroxylation is 2. The lowest BCUT2D eigenvalue weighted by Gasteiger charge is -2.08. The van der Waals surface area contributed by atoms with E-state index in [9.17, 15) is 0 Å². The van der Waals surface area contributed by atoms with Crippen LogP contribution in [0.1, 0.15) is 165 Å². The average molecular weight is 503 g/mol. The van der Waals surface area contributed by atoms with Gasteiger partial charge in [0.2, 0.25) is 0 Å². The van der Waals surface area contributed by atoms with E-state index in [-0.39, 0.29) is 0 Å². The highest BCUT2D eigenvalue weighted by Gasteiger charge is 2.19. The normalized spacial score (nSPS) is 12.2. The predicted octanol–water partition coefficient (Wildman–Crippen LogP) is 12.2. The summed E-state index contributed by atoms with van der Waals surface area (Å²) in [5.74, 6) is 0. The number of unbranched alkanes of at least 4 members (excludes halogenated alkanes) is 18. The molecule has 1 aliphatic rings. The fourth-order valence-corrected chi connectivity index (χ4v) is 6.21. The molecule has 0 heteroatoms. The molecule has 0 saturated carbocycles. The number of benzene rings is 2. The second-order valence-corrected chi connectivity index (χ2v) is 12.0. The van der Waals surface area contributed by atoms with E-state index in [4.69, 9.17) is 0 Å². The number of hydrogen-bond acceptors (Lipinski definition) is 0. The molecule has 0 fully saturated rings. The summed E-state index contributed by atoms with van der Waals surface area (Å²) < 4.78 is 0. The summed E-state index contributed by atoms with van der Waals surface area (Å²) in [6.45, 7) is 4.61. The van der Waals surface area contributed by atoms with E-state index in [1.807, 2.05) is 0 Å². The number of hydrogen-bond donors (Lipinski definition) is 0. The van der Waals surface area contributed by atoms with Crippen LogP contribution in [0.4, 0.5) is 0 Å². The van der Waals surface area contributed by atoms with Gasteiger partial charge in [0.25, 0.3) is 0 Å². The SMILES string of the molecule is CCCCCCCCCCCCc1ccc2c(c1)-c1cc(CCCCCCCCCCCC)ccc1C2. The Morgan fingerprint density at radius 2 is 0.730 bits per heavy atom. The van der Waals surface area contributed by atoms with E-state index in [0.29, 0.717) is 0 Å². The maximum Gasteiger partial charge on any atom is -0.00134 e. The topological polar surface area (TPSA) is 0 Å². The van der Waals surface area contributed by atoms with Crippen molar-refractivity contribution in [2.45, 2.75) is 162 Å². The summed E-state index contributed by atoms with van der Waals surface area (Å²) in [6.07, 6.45) is 32.0. The van der Waals surface area contributed by atoms with Crippen molar-refractivity contribution in [3.8, 4) is 11.1 Å². The third-order valence-electron chi connectivity index (χ3n) is 8.66. The summed E-state index contributed by atoms with van der Waals surface area (Å²) in [4.78, 5) is 0. The first kappa shape index (κ1) is 30.0. The van der Waals surface area contributed by atoms with Crippen molar-refractivity contribution < 1.29 is 0 Å². The lowest BCUT2D eigenvalue weighted by molar-refractivity contribution is 0.556. The Labute approximate surface area is 231 Å². The van der Waals surface area contributed by atoms with Crippen LogP contribution in [0.2, 0.25) is 0 Å². The molecule has 37 heavy (non-hydrogen) atoms. The first-order valence-corrected chi connectivity index (χ1v) is 16.6. The van der Waals surface area contributed by atoms with Crippen molar-refractivity contribution in [1.82, 2.24) is 0 Å². The Bertz CT molecular complexity index is 789. The van der Waals surface area contributed by atoms with Crippen molar-refractivity contribution in [1.29, 1.82) is 0 Å². The first-order chi connectivity index (χ1) is 18.3. The summed E-state index contributed by atoms with van der Waals surface area (Å²) in [7, 11) is 0. The second-order valence-electron chi connectivity index (χ2n) is 12.0. The largest absolute Gasteiger partial charge is 0.0654 e. The third-order valence-corrected chi connectivity index (χ3v) is 8.66. The molecular weight excluding hydrogens is 444 g/mol. The molecule has 0 nitrogen and oxygen atoms in total. The average Bonchev–Trinajstić information content (AvgIpc) is 3.28. The van der Waals surface area contributed by atoms with Gasteiger partial charge in [0.1, 0.15) is 0 Å². The minimum absolute atomic E-state index is 1.13. The molecular formula is C37H58. The molecule has 0 spiro atoms. The molecule has 0 atom stereocenters. The monoisotopic (exact) mass is 502 g/mol. The van der Waals surface area contributed by atoms with Crippen LogP contribution in [-0.4, -0.2) is 0 Å². The number of fused-ring (bicyclic) bond motifs is 3. The van der Waals surface area contributed by atoms with Gasteiger partial charge in [-0.05, 0) is 65.5 Å². The smallest absolute Gasteiger partial charge is 0.00134 e. The molecule has 0 N–H and O–H groups in total. The molecule has 0 heterocycles. The quantitative estimate of drug-likeness (QED) is 0.120. The predicted molar refractivity (Wildman–Crippen MR) is 166 cm³/mol. The van der Waals surface area contributed by atoms with Gasteiger partial charge in [-0.15, -0.1) is 0 Å². The Morgan fingerprint density at radius 1 is 0.405 bits per heavy atom. The number of rotatable bonds is 22. The summed E-state index contributed by atoms with van der Waals surface area (Å²) in [5.41, 5.74) is 9.24. The van der Waals surface area contributed by atoms with Gasteiger partial charge in [-0.2, -0.15) is 0 Å². The van der Waals surface area contributed by atoms with Crippen LogP contribution in [-0.2, 0) is 19.3 Å². The maximum atomic E-state index is 2.53. The minimum atomic E-state index is 1.13. The molecule has 0 unspecified atom stereocenters. The molecule has 0 amide bonds. The Morgan fingerprint density at radius 3 is 1.08 bits per heavy atom. The van der Waals surface area contributed by atoms with Crippen molar-refractivity contribution in [2.24, 2.45) is 0 Å². The highest BCUT2D eigenvalue weighted by Crippen LogP contribution is 2.38. The van der Waals surface area contributed by atoms with Crippen molar-refractivity contribution in [3.63, 3.8) is 0 Å². The van der Waals surface area contributed by atoms with Gasteiger partial charge >= 0.3 is 0 Å². The highest BCUT2D eigenvalue weighted by atomic mass is 14.2. The van der Waals surface area contributed by atoms with Crippen LogP contribution in [0.15, 0.2) is 36.4 Å². The second kappa shape index (κ2) is 18.7. The van der Waals surface area contributed by atoms with Crippen LogP contribution in [0.3, 0.4) is 0 Å². The van der Waals surface area contributed by atoms with E-state index in [1.54, 1.807) is 11.1 Å². The molecule has 0 aliphatic heterocycles. The van der Waals surface area contributed by atoms with Gasteiger partial charge < -0.3 is 0 Å². The summed E-state index contributed by atoms with van der Waals surface area (Å²) in [6, 6.07) is 14.7. The third kappa shape index (κ3) is 11.4. The first-order valence-electron chi connectivity index (χ1n) is 16.6. The van der Waals surface area contributed by atoms with Crippen LogP contribution in [0, 0.1) is 0 Å². The maximum absolute atomic E-state index is 2.53. The van der Waals surface area contributed by atoms with Crippen molar-refractivity contribution in [3.05, 3.63) is 58.7 Å². The molecule has 1 aliphatic carbocycles. The van der Waals surface area contributed by atoms with Gasteiger partial charge in [-0.25, -0.2) is 0 Å². The van der Waals surface area contributed by atoms with E-state index in [1.165, 1.54) is 164 Å². The van der Waals surface area contributed by atoms with E-state index in [0.717, 1.165) is 6.42 Å². The fourth-order valence-electron chi connectivity index (χ4n) is 6.21. The standard InChI is InChI=1S/C37H58/c1-3-5-7-9-11-13-15-17-19-21-23-32-25-27-34-31-35-28-26-33(30-37(35)36(34)29-32)24-22-20-18-16-14-12-10-8-6-4-2/h25-30H,3-24,31H2,1-2H3. The van der Waals surface area contributed by atoms with Crippen molar-refractivity contribution >= 4 is 0 Å². The molecule has 2 aromatic carbocycles. The molecule has 0 bridgehead atoms. The van der Waals surface area contributed by atoms with Crippen LogP contribution in [0.5, 0.6) is 0 Å². The summed E-state index contributed by atoms with van der Waals surface area (Å²) >= 11 is 0. The van der Waals surface area contributed by atoms with E-state index >= 15 is 0 Å². The molecule has 3 rings (SSSR count). The fraction of sp³-hybridized carbons (Fsp3) is 0.676. The molecule has 0 radical (unpaired) electrons. The Balaban J connectivity index is 1.34. The molecule has 2 aromatic rings. The minimum Gasteiger partial charge on any atom is -0.0654 e. The molecule has 206 valence electrons. The van der Waals surface area contributed by atoms with Gasteiger partial charge in [0.15, 0.2) is 0 Å². The Kier molecular flexibility index (Phi) is 15.1. The molecule has 0 aromatic heterocycles. The van der Waals surface area contributed by atoms with Crippen LogP contribution >= 0.6 is 0 Å². The molecule has 0 saturated heterocycles. The zero-order valence-electron chi connectivity index (χ0n) is 24.7. The van der Waals surface area contributed by atoms with Gasteiger partial charge in [0, 0.05) is 0 Å². The van der Waals surface area contributed by atoms with Crippen molar-refractivity contribution in [2.75, 3.05) is 0 Å². The zero-order valence-corrected chi connectivity index (χ0v) is 24.7. The lowest BCUT2D eigenvalue weighted by atomic mass is 9.97. The van der Waals surface area contributed by atoms with Gasteiger partial charge in [-0.3, -0.25) is 0 Å². The van der Waals surface area contributed by atoms with Gasteiger partial charge in [0.05, 0.1) is 0 Å². The summed E-state index contributed by atoms with van der Waals surface area (Å²) in [5, 5.41) is 0. The van der Waals surface area contributed by atoms with Gasteiger partial charge in [-0.1, -0.05) is 166 Å².